The maximum absolute atomic E-state index is 11.1. The molecule has 0 spiro atoms. The molecule has 4 nitrogen and oxygen atoms in total. The standard InChI is InChI=1S/C11H15NO3/c1-8(12)11(13)15-7-9-4-3-5-10(6-9)14-2/h3-6,8H,7,12H2,1-2H3/t8-/m1/s1. The van der Waals surface area contributed by atoms with Crippen molar-refractivity contribution >= 4 is 5.97 Å². The molecule has 0 aliphatic rings. The van der Waals surface area contributed by atoms with Crippen LogP contribution in [-0.4, -0.2) is 19.1 Å². The van der Waals surface area contributed by atoms with Crippen molar-refractivity contribution in [1.82, 2.24) is 0 Å². The first-order valence-electron chi connectivity index (χ1n) is 4.68. The number of carbonyl (C=O) groups is 1. The Bertz CT molecular complexity index is 336. The van der Waals surface area contributed by atoms with E-state index in [-0.39, 0.29) is 6.61 Å². The van der Waals surface area contributed by atoms with Gasteiger partial charge in [-0.05, 0) is 24.6 Å². The van der Waals surface area contributed by atoms with Gasteiger partial charge in [-0.2, -0.15) is 0 Å². The molecule has 0 amide bonds. The van der Waals surface area contributed by atoms with E-state index in [0.29, 0.717) is 0 Å². The molecule has 0 aliphatic carbocycles. The summed E-state index contributed by atoms with van der Waals surface area (Å²) in [4.78, 5) is 11.1. The van der Waals surface area contributed by atoms with Crippen molar-refractivity contribution in [3.8, 4) is 5.75 Å². The molecule has 0 saturated carbocycles. The van der Waals surface area contributed by atoms with E-state index in [1.165, 1.54) is 0 Å². The minimum atomic E-state index is -0.587. The Balaban J connectivity index is 2.54. The molecule has 1 aromatic rings. The molecule has 0 saturated heterocycles. The molecule has 2 N–H and O–H groups in total. The SMILES string of the molecule is COc1cccc(COC(=O)[C@@H](C)N)c1. The largest absolute Gasteiger partial charge is 0.497 e. The lowest BCUT2D eigenvalue weighted by molar-refractivity contribution is -0.146. The maximum Gasteiger partial charge on any atom is 0.322 e. The van der Waals surface area contributed by atoms with E-state index in [0.717, 1.165) is 11.3 Å². The molecule has 1 atom stereocenters. The van der Waals surface area contributed by atoms with Gasteiger partial charge < -0.3 is 15.2 Å². The van der Waals surface area contributed by atoms with Crippen LogP contribution >= 0.6 is 0 Å². The molecule has 0 heterocycles. The Morgan fingerprint density at radius 3 is 2.87 bits per heavy atom. The molecule has 0 fully saturated rings. The number of hydrogen-bond donors (Lipinski definition) is 1. The smallest absolute Gasteiger partial charge is 0.322 e. The predicted octanol–water partition coefficient (Wildman–Crippen LogP) is 1.09. The fourth-order valence-corrected chi connectivity index (χ4v) is 1.05. The highest BCUT2D eigenvalue weighted by atomic mass is 16.5. The quantitative estimate of drug-likeness (QED) is 0.754. The van der Waals surface area contributed by atoms with Gasteiger partial charge in [-0.25, -0.2) is 0 Å². The number of esters is 1. The first kappa shape index (κ1) is 11.5. The van der Waals surface area contributed by atoms with E-state index in [2.05, 4.69) is 0 Å². The van der Waals surface area contributed by atoms with E-state index in [4.69, 9.17) is 15.2 Å². The van der Waals surface area contributed by atoms with Crippen molar-refractivity contribution in [2.75, 3.05) is 7.11 Å². The normalized spacial score (nSPS) is 11.9. The lowest BCUT2D eigenvalue weighted by atomic mass is 10.2. The molecule has 0 bridgehead atoms. The van der Waals surface area contributed by atoms with Crippen LogP contribution in [0.25, 0.3) is 0 Å². The van der Waals surface area contributed by atoms with Gasteiger partial charge in [-0.15, -0.1) is 0 Å². The molecule has 1 aromatic carbocycles. The van der Waals surface area contributed by atoms with Gasteiger partial charge in [0, 0.05) is 0 Å². The van der Waals surface area contributed by atoms with Crippen LogP contribution in [0.15, 0.2) is 24.3 Å². The zero-order chi connectivity index (χ0) is 11.3. The number of hydrogen-bond acceptors (Lipinski definition) is 4. The molecular formula is C11H15NO3. The van der Waals surface area contributed by atoms with Crippen LogP contribution in [0.2, 0.25) is 0 Å². The van der Waals surface area contributed by atoms with Gasteiger partial charge in [0.25, 0.3) is 0 Å². The second-order valence-corrected chi connectivity index (χ2v) is 3.25. The topological polar surface area (TPSA) is 61.5 Å². The fourth-order valence-electron chi connectivity index (χ4n) is 1.05. The van der Waals surface area contributed by atoms with Crippen molar-refractivity contribution < 1.29 is 14.3 Å². The van der Waals surface area contributed by atoms with Gasteiger partial charge in [-0.1, -0.05) is 12.1 Å². The van der Waals surface area contributed by atoms with Crippen LogP contribution in [-0.2, 0) is 16.1 Å². The summed E-state index contributed by atoms with van der Waals surface area (Å²) in [6, 6.07) is 6.76. The van der Waals surface area contributed by atoms with Crippen molar-refractivity contribution in [2.24, 2.45) is 5.73 Å². The Kier molecular flexibility index (Phi) is 4.12. The summed E-state index contributed by atoms with van der Waals surface area (Å²) in [5.74, 6) is 0.335. The number of benzene rings is 1. The molecule has 0 aromatic heterocycles. The molecular weight excluding hydrogens is 194 g/mol. The number of ether oxygens (including phenoxy) is 2. The lowest BCUT2D eigenvalue weighted by Gasteiger charge is -2.08. The van der Waals surface area contributed by atoms with E-state index in [9.17, 15) is 4.79 Å². The minimum absolute atomic E-state index is 0.220. The Morgan fingerprint density at radius 1 is 1.53 bits per heavy atom. The van der Waals surface area contributed by atoms with E-state index in [1.54, 1.807) is 14.0 Å². The summed E-state index contributed by atoms with van der Waals surface area (Å²) < 4.78 is 10.0. The fraction of sp³-hybridized carbons (Fsp3) is 0.364. The summed E-state index contributed by atoms with van der Waals surface area (Å²) in [6.45, 7) is 1.81. The zero-order valence-electron chi connectivity index (χ0n) is 8.90. The number of carbonyl (C=O) groups excluding carboxylic acids is 1. The summed E-state index contributed by atoms with van der Waals surface area (Å²) >= 11 is 0. The maximum atomic E-state index is 11.1. The third kappa shape index (κ3) is 3.59. The average molecular weight is 209 g/mol. The van der Waals surface area contributed by atoms with Crippen LogP contribution in [0.1, 0.15) is 12.5 Å². The van der Waals surface area contributed by atoms with Crippen LogP contribution in [0.4, 0.5) is 0 Å². The average Bonchev–Trinajstić information content (AvgIpc) is 2.26. The Morgan fingerprint density at radius 2 is 2.27 bits per heavy atom. The lowest BCUT2D eigenvalue weighted by Crippen LogP contribution is -2.28. The summed E-state index contributed by atoms with van der Waals surface area (Å²) in [5.41, 5.74) is 6.24. The highest BCUT2D eigenvalue weighted by molar-refractivity contribution is 5.74. The molecule has 15 heavy (non-hydrogen) atoms. The zero-order valence-corrected chi connectivity index (χ0v) is 8.90. The monoisotopic (exact) mass is 209 g/mol. The second-order valence-electron chi connectivity index (χ2n) is 3.25. The van der Waals surface area contributed by atoms with Crippen molar-refractivity contribution in [2.45, 2.75) is 19.6 Å². The molecule has 4 heteroatoms. The number of methoxy groups -OCH3 is 1. The van der Waals surface area contributed by atoms with Gasteiger partial charge in [0.2, 0.25) is 0 Å². The Hall–Kier alpha value is -1.55. The van der Waals surface area contributed by atoms with E-state index >= 15 is 0 Å². The molecule has 82 valence electrons. The summed E-state index contributed by atoms with van der Waals surface area (Å²) in [6.07, 6.45) is 0. The second kappa shape index (κ2) is 5.36. The van der Waals surface area contributed by atoms with Crippen LogP contribution in [0, 0.1) is 0 Å². The van der Waals surface area contributed by atoms with E-state index < -0.39 is 12.0 Å². The van der Waals surface area contributed by atoms with E-state index in [1.807, 2.05) is 24.3 Å². The predicted molar refractivity (Wildman–Crippen MR) is 56.4 cm³/mol. The van der Waals surface area contributed by atoms with Gasteiger partial charge in [0.15, 0.2) is 0 Å². The van der Waals surface area contributed by atoms with Crippen molar-refractivity contribution in [3.63, 3.8) is 0 Å². The first-order valence-corrected chi connectivity index (χ1v) is 4.68. The number of rotatable bonds is 4. The number of nitrogens with two attached hydrogens (primary N) is 1. The van der Waals surface area contributed by atoms with Gasteiger partial charge >= 0.3 is 5.97 Å². The highest BCUT2D eigenvalue weighted by Gasteiger charge is 2.08. The summed E-state index contributed by atoms with van der Waals surface area (Å²) in [7, 11) is 1.59. The third-order valence-corrected chi connectivity index (χ3v) is 1.89. The van der Waals surface area contributed by atoms with Crippen molar-refractivity contribution in [3.05, 3.63) is 29.8 Å². The van der Waals surface area contributed by atoms with Gasteiger partial charge in [-0.3, -0.25) is 4.79 Å². The molecule has 0 aliphatic heterocycles. The summed E-state index contributed by atoms with van der Waals surface area (Å²) in [5, 5.41) is 0. The third-order valence-electron chi connectivity index (χ3n) is 1.89. The van der Waals surface area contributed by atoms with Crippen molar-refractivity contribution in [1.29, 1.82) is 0 Å². The minimum Gasteiger partial charge on any atom is -0.497 e. The van der Waals surface area contributed by atoms with Gasteiger partial charge in [0.05, 0.1) is 7.11 Å². The van der Waals surface area contributed by atoms with Gasteiger partial charge in [0.1, 0.15) is 18.4 Å². The highest BCUT2D eigenvalue weighted by Crippen LogP contribution is 2.13. The molecule has 1 rings (SSSR count). The van der Waals surface area contributed by atoms with Crippen LogP contribution in [0.3, 0.4) is 0 Å². The molecule has 0 radical (unpaired) electrons. The van der Waals surface area contributed by atoms with Crippen LogP contribution < -0.4 is 10.5 Å². The Labute approximate surface area is 89.0 Å². The van der Waals surface area contributed by atoms with Crippen LogP contribution in [0.5, 0.6) is 5.75 Å². The first-order chi connectivity index (χ1) is 7.13. The molecule has 0 unspecified atom stereocenters.